The molecule has 8 nitrogen and oxygen atoms in total. The second-order valence-corrected chi connectivity index (χ2v) is 18.5. The van der Waals surface area contributed by atoms with Gasteiger partial charge in [-0.15, -0.1) is 0 Å². The summed E-state index contributed by atoms with van der Waals surface area (Å²) in [4.78, 5) is 25.2. The highest BCUT2D eigenvalue weighted by molar-refractivity contribution is 7.45. The van der Waals surface area contributed by atoms with Crippen molar-refractivity contribution in [1.29, 1.82) is 0 Å². The molecule has 0 aliphatic heterocycles. The van der Waals surface area contributed by atoms with E-state index in [1.807, 2.05) is 27.2 Å². The van der Waals surface area contributed by atoms with Gasteiger partial charge in [-0.05, 0) is 19.3 Å². The third-order valence-corrected chi connectivity index (χ3v) is 11.5. The first-order valence-corrected chi connectivity index (χ1v) is 24.5. The van der Waals surface area contributed by atoms with E-state index in [1.54, 1.807) is 6.08 Å². The van der Waals surface area contributed by atoms with Crippen molar-refractivity contribution in [2.75, 3.05) is 40.9 Å². The number of rotatable bonds is 42. The van der Waals surface area contributed by atoms with Gasteiger partial charge in [-0.1, -0.05) is 206 Å². The Morgan fingerprint density at radius 3 is 1.39 bits per heavy atom. The number of likely N-dealkylation sites (N-methyl/N-ethyl adjacent to an activating group) is 1. The summed E-state index contributed by atoms with van der Waals surface area (Å²) >= 11 is 0. The predicted molar refractivity (Wildman–Crippen MR) is 229 cm³/mol. The quantitative estimate of drug-likeness (QED) is 0.0276. The number of nitrogens with zero attached hydrogens (tertiary/aromatic N) is 1. The number of carbonyl (C=O) groups excluding carboxylic acids is 1. The van der Waals surface area contributed by atoms with Crippen molar-refractivity contribution in [3.05, 3.63) is 12.2 Å². The highest BCUT2D eigenvalue weighted by atomic mass is 31.2. The smallest absolute Gasteiger partial charge is 0.268 e. The number of nitrogens with one attached hydrogen (secondary N) is 1. The lowest BCUT2D eigenvalue weighted by Crippen LogP contribution is -2.45. The zero-order chi connectivity index (χ0) is 40.0. The molecule has 0 spiro atoms. The summed E-state index contributed by atoms with van der Waals surface area (Å²) in [7, 11) is 1.27. The summed E-state index contributed by atoms with van der Waals surface area (Å²) in [5.41, 5.74) is 0. The number of phosphoric ester groups is 1. The lowest BCUT2D eigenvalue weighted by Gasteiger charge is -2.29. The van der Waals surface area contributed by atoms with E-state index in [4.69, 9.17) is 9.05 Å². The molecule has 0 saturated carbocycles. The molecule has 3 atom stereocenters. The van der Waals surface area contributed by atoms with Crippen molar-refractivity contribution in [3.63, 3.8) is 0 Å². The molecule has 3 unspecified atom stereocenters. The molecule has 0 saturated heterocycles. The summed E-state index contributed by atoms with van der Waals surface area (Å²) in [6, 6.07) is -0.879. The largest absolute Gasteiger partial charge is 0.756 e. The van der Waals surface area contributed by atoms with Crippen molar-refractivity contribution in [3.8, 4) is 0 Å². The average molecular weight is 787 g/mol. The number of hydrogen-bond acceptors (Lipinski definition) is 6. The second kappa shape index (κ2) is 37.8. The normalized spacial score (nSPS) is 14.4. The zero-order valence-electron chi connectivity index (χ0n) is 36.4. The molecule has 1 amide bonds. The van der Waals surface area contributed by atoms with E-state index in [1.165, 1.54) is 161 Å². The van der Waals surface area contributed by atoms with Crippen LogP contribution in [0.3, 0.4) is 0 Å². The molecule has 322 valence electrons. The monoisotopic (exact) mass is 787 g/mol. The van der Waals surface area contributed by atoms with Crippen LogP contribution in [-0.4, -0.2) is 68.5 Å². The van der Waals surface area contributed by atoms with Crippen molar-refractivity contribution < 1.29 is 32.9 Å². The van der Waals surface area contributed by atoms with Crippen LogP contribution in [0, 0.1) is 0 Å². The maximum atomic E-state index is 12.8. The van der Waals surface area contributed by atoms with Crippen LogP contribution in [0.25, 0.3) is 0 Å². The second-order valence-electron chi connectivity index (χ2n) is 17.1. The molecule has 0 aliphatic rings. The number of allylic oxidation sites excluding steroid dienone is 1. The number of hydrogen-bond donors (Lipinski definition) is 2. The summed E-state index contributed by atoms with van der Waals surface area (Å²) in [6.45, 7) is 4.64. The number of amides is 1. The molecule has 0 aromatic heterocycles. The Bertz CT molecular complexity index is 896. The van der Waals surface area contributed by atoms with Gasteiger partial charge >= 0.3 is 0 Å². The van der Waals surface area contributed by atoms with Crippen LogP contribution < -0.4 is 10.2 Å². The van der Waals surface area contributed by atoms with E-state index < -0.39 is 20.0 Å². The van der Waals surface area contributed by atoms with E-state index in [0.29, 0.717) is 17.4 Å². The van der Waals surface area contributed by atoms with E-state index in [9.17, 15) is 19.4 Å². The fraction of sp³-hybridized carbons (Fsp3) is 0.933. The van der Waals surface area contributed by atoms with Gasteiger partial charge in [0.1, 0.15) is 13.2 Å². The van der Waals surface area contributed by atoms with Gasteiger partial charge in [-0.3, -0.25) is 9.36 Å². The molecule has 0 radical (unpaired) electrons. The first-order chi connectivity index (χ1) is 26.0. The fourth-order valence-corrected chi connectivity index (χ4v) is 7.52. The van der Waals surface area contributed by atoms with Crippen LogP contribution in [0.5, 0.6) is 0 Å². The van der Waals surface area contributed by atoms with E-state index >= 15 is 0 Å². The molecular formula is C45H91N2O6P. The molecule has 0 rings (SSSR count). The van der Waals surface area contributed by atoms with Crippen LogP contribution in [0.4, 0.5) is 0 Å². The molecule has 0 aromatic carbocycles. The minimum Gasteiger partial charge on any atom is -0.756 e. The first-order valence-electron chi connectivity index (χ1n) is 23.1. The molecule has 2 N–H and O–H groups in total. The fourth-order valence-electron chi connectivity index (χ4n) is 6.80. The van der Waals surface area contributed by atoms with Crippen molar-refractivity contribution >= 4 is 13.7 Å². The number of unbranched alkanes of at least 4 members (excludes halogenated alkanes) is 29. The lowest BCUT2D eigenvalue weighted by atomic mass is 10.0. The minimum absolute atomic E-state index is 0.00196. The van der Waals surface area contributed by atoms with Gasteiger partial charge in [0.05, 0.1) is 39.9 Å². The Morgan fingerprint density at radius 2 is 1.00 bits per heavy atom. The van der Waals surface area contributed by atoms with Crippen LogP contribution in [0.1, 0.15) is 219 Å². The summed E-state index contributed by atoms with van der Waals surface area (Å²) < 4.78 is 23.2. The number of aliphatic hydroxyl groups excluding tert-OH is 1. The molecule has 9 heteroatoms. The summed E-state index contributed by atoms with van der Waals surface area (Å²) in [5, 5.41) is 13.8. The first kappa shape index (κ1) is 53.2. The molecular weight excluding hydrogens is 695 g/mol. The van der Waals surface area contributed by atoms with Gasteiger partial charge in [0.2, 0.25) is 5.91 Å². The van der Waals surface area contributed by atoms with Crippen molar-refractivity contribution in [1.82, 2.24) is 5.32 Å². The zero-order valence-corrected chi connectivity index (χ0v) is 37.3. The Kier molecular flexibility index (Phi) is 37.3. The Balaban J connectivity index is 4.27. The average Bonchev–Trinajstić information content (AvgIpc) is 3.12. The standard InChI is InChI=1S/C45H91N2O6P/c1-6-8-10-12-14-16-18-19-20-21-22-23-24-25-26-27-28-29-30-32-34-36-38-44(48)43(42-53-54(50,51)52-41-40-47(3,4)5)46-45(49)39-37-35-33-31-17-15-13-11-9-7-2/h36,38,43-44,48H,6-35,37,39-42H2,1-5H3,(H-,46,49,50,51)/b38-36+. The SMILES string of the molecule is CCCCCCCCCCCCCCCCCCCCCC/C=C/C(O)C(COP(=O)([O-])OCC[N+](C)(C)C)NC(=O)CCCCCCCCCCCC. The van der Waals surface area contributed by atoms with Crippen LogP contribution >= 0.6 is 7.82 Å². The van der Waals surface area contributed by atoms with Gasteiger partial charge in [0.25, 0.3) is 7.82 Å². The van der Waals surface area contributed by atoms with Crippen LogP contribution in [-0.2, 0) is 18.4 Å². The molecule has 0 bridgehead atoms. The molecule has 54 heavy (non-hydrogen) atoms. The number of quaternary nitrogens is 1. The highest BCUT2D eigenvalue weighted by Crippen LogP contribution is 2.38. The number of phosphoric acid groups is 1. The van der Waals surface area contributed by atoms with Crippen molar-refractivity contribution in [2.24, 2.45) is 0 Å². The Hall–Kier alpha value is -0.760. The molecule has 0 fully saturated rings. The third-order valence-electron chi connectivity index (χ3n) is 10.5. The lowest BCUT2D eigenvalue weighted by molar-refractivity contribution is -0.870. The maximum absolute atomic E-state index is 12.8. The number of aliphatic hydroxyl groups is 1. The Labute approximate surface area is 335 Å². The maximum Gasteiger partial charge on any atom is 0.268 e. The van der Waals surface area contributed by atoms with Crippen molar-refractivity contribution in [2.45, 2.75) is 231 Å². The minimum atomic E-state index is -4.58. The van der Waals surface area contributed by atoms with Crippen LogP contribution in [0.15, 0.2) is 12.2 Å². The molecule has 0 aliphatic carbocycles. The van der Waals surface area contributed by atoms with Crippen LogP contribution in [0.2, 0.25) is 0 Å². The molecule has 0 heterocycles. The van der Waals surface area contributed by atoms with E-state index in [0.717, 1.165) is 38.5 Å². The summed E-state index contributed by atoms with van der Waals surface area (Å²) in [5.74, 6) is -0.198. The van der Waals surface area contributed by atoms with Gasteiger partial charge < -0.3 is 28.8 Å². The highest BCUT2D eigenvalue weighted by Gasteiger charge is 2.23. The Morgan fingerprint density at radius 1 is 0.630 bits per heavy atom. The molecule has 0 aromatic rings. The van der Waals surface area contributed by atoms with E-state index in [-0.39, 0.29) is 19.1 Å². The third kappa shape index (κ3) is 39.5. The van der Waals surface area contributed by atoms with Gasteiger partial charge in [-0.25, -0.2) is 0 Å². The predicted octanol–water partition coefficient (Wildman–Crippen LogP) is 12.1. The number of carbonyl (C=O) groups is 1. The van der Waals surface area contributed by atoms with Gasteiger partial charge in [0.15, 0.2) is 0 Å². The van der Waals surface area contributed by atoms with Gasteiger partial charge in [-0.2, -0.15) is 0 Å². The summed E-state index contributed by atoms with van der Waals surface area (Å²) in [6.07, 6.45) is 42.7. The van der Waals surface area contributed by atoms with Gasteiger partial charge in [0, 0.05) is 6.42 Å². The topological polar surface area (TPSA) is 108 Å². The van der Waals surface area contributed by atoms with E-state index in [2.05, 4.69) is 19.2 Å².